The lowest BCUT2D eigenvalue weighted by atomic mass is 10.1. The van der Waals surface area contributed by atoms with Gasteiger partial charge in [0.2, 0.25) is 0 Å². The molecule has 2 aliphatic heterocycles. The maximum atomic E-state index is 13.9. The van der Waals surface area contributed by atoms with Crippen molar-refractivity contribution in [3.05, 3.63) is 53.2 Å². The van der Waals surface area contributed by atoms with Crippen LogP contribution in [0.4, 0.5) is 10.5 Å². The molecular formula is C31H40ClN5O3. The molecule has 1 saturated heterocycles. The van der Waals surface area contributed by atoms with Gasteiger partial charge < -0.3 is 23.8 Å². The second kappa shape index (κ2) is 12.4. The van der Waals surface area contributed by atoms with Crippen molar-refractivity contribution in [2.75, 3.05) is 45.3 Å². The molecule has 1 unspecified atom stereocenters. The quantitative estimate of drug-likeness (QED) is 0.251. The Morgan fingerprint density at radius 1 is 1.07 bits per heavy atom. The number of hydrogen-bond acceptors (Lipinski definition) is 5. The summed E-state index contributed by atoms with van der Waals surface area (Å²) in [7, 11) is 3.71. The first-order valence-corrected chi connectivity index (χ1v) is 14.7. The third kappa shape index (κ3) is 5.73. The van der Waals surface area contributed by atoms with Gasteiger partial charge >= 0.3 is 6.03 Å². The fraction of sp³-hybridized carbons (Fsp3) is 0.484. The number of methoxy groups -OCH3 is 1. The van der Waals surface area contributed by atoms with Crippen molar-refractivity contribution in [1.29, 1.82) is 0 Å². The molecule has 0 bridgehead atoms. The van der Waals surface area contributed by atoms with Crippen LogP contribution in [-0.2, 0) is 13.1 Å². The number of aliphatic imine (C=N–C) groups is 1. The Labute approximate surface area is 242 Å². The number of likely N-dealkylation sites (N-methyl/N-ethyl adjacent to an activating group) is 1. The second-order valence-corrected chi connectivity index (χ2v) is 11.1. The van der Waals surface area contributed by atoms with Gasteiger partial charge in [0.15, 0.2) is 11.5 Å². The van der Waals surface area contributed by atoms with Crippen molar-refractivity contribution in [2.24, 2.45) is 4.99 Å². The lowest BCUT2D eigenvalue weighted by molar-refractivity contribution is 0.166. The number of urea groups is 1. The van der Waals surface area contributed by atoms with Crippen molar-refractivity contribution in [2.45, 2.75) is 58.7 Å². The summed E-state index contributed by atoms with van der Waals surface area (Å²) < 4.78 is 13.7. The van der Waals surface area contributed by atoms with Crippen LogP contribution >= 0.6 is 11.6 Å². The first-order valence-electron chi connectivity index (χ1n) is 14.3. The summed E-state index contributed by atoms with van der Waals surface area (Å²) in [6, 6.07) is 14.1. The number of anilines is 1. The van der Waals surface area contributed by atoms with Crippen molar-refractivity contribution in [1.82, 2.24) is 14.4 Å². The summed E-state index contributed by atoms with van der Waals surface area (Å²) in [6.45, 7) is 8.47. The largest absolute Gasteiger partial charge is 0.493 e. The molecule has 1 fully saturated rings. The summed E-state index contributed by atoms with van der Waals surface area (Å²) in [5.74, 6) is 2.39. The highest BCUT2D eigenvalue weighted by Crippen LogP contribution is 2.35. The minimum atomic E-state index is -0.00896. The highest BCUT2D eigenvalue weighted by molar-refractivity contribution is 6.31. The second-order valence-electron chi connectivity index (χ2n) is 10.7. The third-order valence-corrected chi connectivity index (χ3v) is 8.35. The minimum absolute atomic E-state index is 0.00896. The summed E-state index contributed by atoms with van der Waals surface area (Å²) >= 11 is 6.74. The van der Waals surface area contributed by atoms with Crippen LogP contribution in [0.1, 0.15) is 45.1 Å². The number of amidine groups is 1. The summed E-state index contributed by atoms with van der Waals surface area (Å²) in [5, 5.41) is 1.74. The Kier molecular flexibility index (Phi) is 8.74. The zero-order valence-electron chi connectivity index (χ0n) is 24.0. The van der Waals surface area contributed by atoms with Crippen LogP contribution in [-0.4, -0.2) is 72.7 Å². The van der Waals surface area contributed by atoms with Crippen LogP contribution in [0, 0.1) is 0 Å². The van der Waals surface area contributed by atoms with E-state index >= 15 is 0 Å². The Bertz CT molecular complexity index is 1390. The lowest BCUT2D eigenvalue weighted by Gasteiger charge is -2.40. The lowest BCUT2D eigenvalue weighted by Crippen LogP contribution is -2.53. The molecule has 1 aromatic heterocycles. The van der Waals surface area contributed by atoms with Crippen LogP contribution in [0.15, 0.2) is 47.5 Å². The molecule has 2 aromatic carbocycles. The third-order valence-electron chi connectivity index (χ3n) is 8.04. The van der Waals surface area contributed by atoms with Crippen LogP contribution in [0.25, 0.3) is 10.9 Å². The summed E-state index contributed by atoms with van der Waals surface area (Å²) in [4.78, 5) is 24.5. The van der Waals surface area contributed by atoms with Gasteiger partial charge in [-0.3, -0.25) is 9.89 Å². The van der Waals surface area contributed by atoms with E-state index in [0.29, 0.717) is 42.9 Å². The van der Waals surface area contributed by atoms with Gasteiger partial charge in [-0.2, -0.15) is 0 Å². The SMILES string of the molecule is CCCCCOc1cc(N2CCC(C)N(Cc3cccc4c3cc(Cl)n4CC3=NCCN3C)C2=O)ccc1OC. The zero-order valence-corrected chi connectivity index (χ0v) is 24.8. The van der Waals surface area contributed by atoms with Crippen molar-refractivity contribution < 1.29 is 14.3 Å². The van der Waals surface area contributed by atoms with Gasteiger partial charge in [0.25, 0.3) is 0 Å². The molecular weight excluding hydrogens is 526 g/mol. The first kappa shape index (κ1) is 28.1. The van der Waals surface area contributed by atoms with E-state index in [0.717, 1.165) is 66.8 Å². The number of rotatable bonds is 11. The van der Waals surface area contributed by atoms with E-state index < -0.39 is 0 Å². The van der Waals surface area contributed by atoms with E-state index in [1.807, 2.05) is 40.1 Å². The molecule has 8 nitrogen and oxygen atoms in total. The molecule has 0 radical (unpaired) electrons. The fourth-order valence-corrected chi connectivity index (χ4v) is 5.80. The molecule has 0 spiro atoms. The van der Waals surface area contributed by atoms with Crippen LogP contribution in [0.2, 0.25) is 5.15 Å². The predicted molar refractivity (Wildman–Crippen MR) is 162 cm³/mol. The molecule has 3 aromatic rings. The standard InChI is InChI=1S/C31H40ClN5O3/c1-5-6-7-17-40-28-18-24(11-12-27(28)39-4)35-15-13-22(2)36(31(35)38)20-23-9-8-10-26-25(23)19-29(32)37(26)21-30-33-14-16-34(30)3/h8-12,18-19,22H,5-7,13-17,20-21H2,1-4H3. The molecule has 2 amide bonds. The predicted octanol–water partition coefficient (Wildman–Crippen LogP) is 6.44. The number of benzene rings is 2. The topological polar surface area (TPSA) is 62.5 Å². The van der Waals surface area contributed by atoms with E-state index in [1.54, 1.807) is 7.11 Å². The number of unbranched alkanes of at least 4 members (excludes halogenated alkanes) is 2. The van der Waals surface area contributed by atoms with Crippen molar-refractivity contribution in [3.8, 4) is 11.5 Å². The van der Waals surface area contributed by atoms with Gasteiger partial charge in [0.1, 0.15) is 11.0 Å². The molecule has 0 N–H and O–H groups in total. The number of carbonyl (C=O) groups excluding carboxylic acids is 1. The zero-order chi connectivity index (χ0) is 28.2. The normalized spacial score (nSPS) is 17.6. The van der Waals surface area contributed by atoms with Gasteiger partial charge in [0.05, 0.1) is 26.8 Å². The molecule has 1 atom stereocenters. The van der Waals surface area contributed by atoms with Crippen LogP contribution < -0.4 is 14.4 Å². The van der Waals surface area contributed by atoms with Crippen LogP contribution in [0.3, 0.4) is 0 Å². The molecule has 9 heteroatoms. The average Bonchev–Trinajstić information content (AvgIpc) is 3.51. The molecule has 214 valence electrons. The van der Waals surface area contributed by atoms with Crippen LogP contribution in [0.5, 0.6) is 11.5 Å². The average molecular weight is 566 g/mol. The van der Waals surface area contributed by atoms with Gasteiger partial charge in [-0.15, -0.1) is 0 Å². The highest BCUT2D eigenvalue weighted by atomic mass is 35.5. The number of fused-ring (bicyclic) bond motifs is 1. The smallest absolute Gasteiger partial charge is 0.325 e. The minimum Gasteiger partial charge on any atom is -0.493 e. The Morgan fingerprint density at radius 3 is 2.67 bits per heavy atom. The van der Waals surface area contributed by atoms with E-state index in [1.165, 1.54) is 0 Å². The number of ether oxygens (including phenoxy) is 2. The van der Waals surface area contributed by atoms with E-state index in [2.05, 4.69) is 47.5 Å². The van der Waals surface area contributed by atoms with Gasteiger partial charge in [-0.05, 0) is 49.6 Å². The fourth-order valence-electron chi connectivity index (χ4n) is 5.54. The van der Waals surface area contributed by atoms with E-state index in [4.69, 9.17) is 21.1 Å². The Hall–Kier alpha value is -3.39. The number of aromatic nitrogens is 1. The number of nitrogens with zero attached hydrogens (tertiary/aromatic N) is 5. The van der Waals surface area contributed by atoms with Crippen molar-refractivity contribution >= 4 is 40.1 Å². The van der Waals surface area contributed by atoms with E-state index in [9.17, 15) is 4.79 Å². The highest BCUT2D eigenvalue weighted by Gasteiger charge is 2.32. The van der Waals surface area contributed by atoms with Gasteiger partial charge in [-0.25, -0.2) is 4.79 Å². The number of amides is 2. The Morgan fingerprint density at radius 2 is 1.93 bits per heavy atom. The number of carbonyl (C=O) groups is 1. The van der Waals surface area contributed by atoms with E-state index in [-0.39, 0.29) is 12.1 Å². The van der Waals surface area contributed by atoms with Gasteiger partial charge in [0, 0.05) is 55.4 Å². The maximum Gasteiger partial charge on any atom is 0.325 e. The maximum absolute atomic E-state index is 13.9. The van der Waals surface area contributed by atoms with Crippen molar-refractivity contribution in [3.63, 3.8) is 0 Å². The number of halogens is 1. The summed E-state index contributed by atoms with van der Waals surface area (Å²) in [5.41, 5.74) is 2.96. The first-order chi connectivity index (χ1) is 19.4. The molecule has 0 aliphatic carbocycles. The van der Waals surface area contributed by atoms with Gasteiger partial charge in [-0.1, -0.05) is 43.5 Å². The molecule has 40 heavy (non-hydrogen) atoms. The molecule has 2 aliphatic rings. The monoisotopic (exact) mass is 565 g/mol. The molecule has 3 heterocycles. The molecule has 0 saturated carbocycles. The molecule has 5 rings (SSSR count). The Balaban J connectivity index is 1.38. The summed E-state index contributed by atoms with van der Waals surface area (Å²) in [6.07, 6.45) is 4.11. The number of hydrogen-bond donors (Lipinski definition) is 0.